The molecule has 18 heavy (non-hydrogen) atoms. The molecule has 0 spiro atoms. The SMILES string of the molecule is Cc1ccc(=O)n(Cc2ccnc(C(=O)O)c2)n1. The molecule has 0 atom stereocenters. The Morgan fingerprint density at radius 3 is 2.89 bits per heavy atom. The van der Waals surface area contributed by atoms with Gasteiger partial charge in [0.2, 0.25) is 0 Å². The van der Waals surface area contributed by atoms with E-state index in [1.54, 1.807) is 19.1 Å². The van der Waals surface area contributed by atoms with Crippen molar-refractivity contribution in [2.24, 2.45) is 0 Å². The first-order chi connectivity index (χ1) is 8.56. The first kappa shape index (κ1) is 12.0. The number of pyridine rings is 1. The van der Waals surface area contributed by atoms with Crippen molar-refractivity contribution in [1.82, 2.24) is 14.8 Å². The first-order valence-corrected chi connectivity index (χ1v) is 5.29. The Kier molecular flexibility index (Phi) is 3.18. The minimum absolute atomic E-state index is 0.0480. The summed E-state index contributed by atoms with van der Waals surface area (Å²) in [6.45, 7) is 2.01. The molecule has 0 unspecified atom stereocenters. The highest BCUT2D eigenvalue weighted by Gasteiger charge is 2.06. The van der Waals surface area contributed by atoms with Crippen molar-refractivity contribution in [3.63, 3.8) is 0 Å². The average Bonchev–Trinajstić information content (AvgIpc) is 2.34. The highest BCUT2D eigenvalue weighted by molar-refractivity contribution is 5.85. The van der Waals surface area contributed by atoms with E-state index in [0.717, 1.165) is 5.69 Å². The van der Waals surface area contributed by atoms with Gasteiger partial charge >= 0.3 is 5.97 Å². The summed E-state index contributed by atoms with van der Waals surface area (Å²) in [4.78, 5) is 26.1. The van der Waals surface area contributed by atoms with Gasteiger partial charge in [-0.15, -0.1) is 0 Å². The summed E-state index contributed by atoms with van der Waals surface area (Å²) in [5.41, 5.74) is 1.12. The van der Waals surface area contributed by atoms with Crippen LogP contribution in [-0.2, 0) is 6.54 Å². The van der Waals surface area contributed by atoms with E-state index in [9.17, 15) is 9.59 Å². The van der Waals surface area contributed by atoms with E-state index >= 15 is 0 Å². The van der Waals surface area contributed by atoms with Gasteiger partial charge in [0.15, 0.2) is 0 Å². The summed E-state index contributed by atoms with van der Waals surface area (Å²) in [6, 6.07) is 6.15. The lowest BCUT2D eigenvalue weighted by Crippen LogP contribution is -2.23. The van der Waals surface area contributed by atoms with Gasteiger partial charge in [-0.2, -0.15) is 5.10 Å². The Labute approximate surface area is 103 Å². The van der Waals surface area contributed by atoms with Gasteiger partial charge in [0, 0.05) is 12.3 Å². The normalized spacial score (nSPS) is 10.3. The van der Waals surface area contributed by atoms with Gasteiger partial charge in [-0.05, 0) is 30.7 Å². The van der Waals surface area contributed by atoms with Crippen LogP contribution in [0.5, 0.6) is 0 Å². The van der Waals surface area contributed by atoms with Crippen molar-refractivity contribution in [3.05, 3.63) is 57.8 Å². The maximum atomic E-state index is 11.6. The molecule has 6 nitrogen and oxygen atoms in total. The van der Waals surface area contributed by atoms with Crippen molar-refractivity contribution in [2.75, 3.05) is 0 Å². The Morgan fingerprint density at radius 2 is 2.17 bits per heavy atom. The zero-order valence-corrected chi connectivity index (χ0v) is 9.70. The number of rotatable bonds is 3. The second-order valence-corrected chi connectivity index (χ2v) is 3.83. The summed E-state index contributed by atoms with van der Waals surface area (Å²) in [7, 11) is 0. The van der Waals surface area contributed by atoms with Crippen LogP contribution in [0.3, 0.4) is 0 Å². The minimum Gasteiger partial charge on any atom is -0.477 e. The molecule has 2 rings (SSSR count). The molecule has 0 amide bonds. The number of carbonyl (C=O) groups is 1. The molecular formula is C12H11N3O3. The fourth-order valence-electron chi connectivity index (χ4n) is 1.53. The van der Waals surface area contributed by atoms with Gasteiger partial charge in [-0.1, -0.05) is 0 Å². The third kappa shape index (κ3) is 2.60. The molecule has 1 N–H and O–H groups in total. The van der Waals surface area contributed by atoms with Crippen LogP contribution in [0.25, 0.3) is 0 Å². The number of carboxylic acid groups (broad SMARTS) is 1. The Balaban J connectivity index is 2.34. The molecule has 0 saturated heterocycles. The van der Waals surface area contributed by atoms with Crippen LogP contribution in [0, 0.1) is 6.92 Å². The van der Waals surface area contributed by atoms with E-state index < -0.39 is 5.97 Å². The standard InChI is InChI=1S/C12H11N3O3/c1-8-2-3-11(16)15(14-8)7-9-4-5-13-10(6-9)12(17)18/h2-6H,7H2,1H3,(H,17,18). The molecule has 92 valence electrons. The molecule has 0 radical (unpaired) electrons. The van der Waals surface area contributed by atoms with Gasteiger partial charge in [-0.25, -0.2) is 14.5 Å². The Morgan fingerprint density at radius 1 is 1.39 bits per heavy atom. The molecule has 0 saturated carbocycles. The number of hydrogen-bond acceptors (Lipinski definition) is 4. The van der Waals surface area contributed by atoms with Crippen molar-refractivity contribution in [1.29, 1.82) is 0 Å². The number of aromatic nitrogens is 3. The van der Waals surface area contributed by atoms with Gasteiger partial charge in [0.25, 0.3) is 5.56 Å². The lowest BCUT2D eigenvalue weighted by atomic mass is 10.2. The predicted octanol–water partition coefficient (Wildman–Crippen LogP) is 0.693. The van der Waals surface area contributed by atoms with Crippen LogP contribution in [0.2, 0.25) is 0 Å². The third-order valence-corrected chi connectivity index (χ3v) is 2.38. The number of hydrogen-bond donors (Lipinski definition) is 1. The summed E-state index contributed by atoms with van der Waals surface area (Å²) >= 11 is 0. The monoisotopic (exact) mass is 245 g/mol. The lowest BCUT2D eigenvalue weighted by Gasteiger charge is -2.05. The number of nitrogens with zero attached hydrogens (tertiary/aromatic N) is 3. The highest BCUT2D eigenvalue weighted by Crippen LogP contribution is 2.03. The van der Waals surface area contributed by atoms with Gasteiger partial charge in [0.05, 0.1) is 12.2 Å². The maximum absolute atomic E-state index is 11.6. The molecule has 0 aliphatic carbocycles. The number of aryl methyl sites for hydroxylation is 1. The van der Waals surface area contributed by atoms with Gasteiger partial charge in [0.1, 0.15) is 5.69 Å². The third-order valence-electron chi connectivity index (χ3n) is 2.38. The highest BCUT2D eigenvalue weighted by atomic mass is 16.4. The molecule has 2 heterocycles. The van der Waals surface area contributed by atoms with Crippen molar-refractivity contribution >= 4 is 5.97 Å². The Hall–Kier alpha value is -2.50. The quantitative estimate of drug-likeness (QED) is 0.860. The molecule has 2 aromatic rings. The number of carboxylic acids is 1. The molecule has 0 aromatic carbocycles. The smallest absolute Gasteiger partial charge is 0.354 e. The molecule has 0 bridgehead atoms. The number of aromatic carboxylic acids is 1. The summed E-state index contributed by atoms with van der Waals surface area (Å²) in [6.07, 6.45) is 1.40. The van der Waals surface area contributed by atoms with E-state index in [1.807, 2.05) is 0 Å². The van der Waals surface area contributed by atoms with E-state index in [0.29, 0.717) is 5.56 Å². The van der Waals surface area contributed by atoms with E-state index in [2.05, 4.69) is 10.1 Å². The molecule has 0 aliphatic heterocycles. The fraction of sp³-hybridized carbons (Fsp3) is 0.167. The van der Waals surface area contributed by atoms with Crippen LogP contribution in [0.4, 0.5) is 0 Å². The average molecular weight is 245 g/mol. The first-order valence-electron chi connectivity index (χ1n) is 5.29. The molecule has 0 aliphatic rings. The zero-order chi connectivity index (χ0) is 13.1. The van der Waals surface area contributed by atoms with Gasteiger partial charge < -0.3 is 5.11 Å². The molecule has 6 heteroatoms. The summed E-state index contributed by atoms with van der Waals surface area (Å²) in [5, 5.41) is 12.9. The fourth-order valence-corrected chi connectivity index (χ4v) is 1.53. The zero-order valence-electron chi connectivity index (χ0n) is 9.70. The van der Waals surface area contributed by atoms with Crippen LogP contribution >= 0.6 is 0 Å². The summed E-state index contributed by atoms with van der Waals surface area (Å²) < 4.78 is 1.29. The van der Waals surface area contributed by atoms with Crippen LogP contribution < -0.4 is 5.56 Å². The van der Waals surface area contributed by atoms with Crippen molar-refractivity contribution in [3.8, 4) is 0 Å². The predicted molar refractivity (Wildman–Crippen MR) is 63.5 cm³/mol. The van der Waals surface area contributed by atoms with E-state index in [1.165, 1.54) is 23.0 Å². The largest absolute Gasteiger partial charge is 0.477 e. The Bertz CT molecular complexity index is 649. The van der Waals surface area contributed by atoms with E-state index in [4.69, 9.17) is 5.11 Å². The second kappa shape index (κ2) is 4.79. The molecule has 0 fully saturated rings. The van der Waals surface area contributed by atoms with Crippen molar-refractivity contribution < 1.29 is 9.90 Å². The lowest BCUT2D eigenvalue weighted by molar-refractivity contribution is 0.0690. The molecule has 2 aromatic heterocycles. The van der Waals surface area contributed by atoms with Crippen LogP contribution in [0.15, 0.2) is 35.3 Å². The van der Waals surface area contributed by atoms with Gasteiger partial charge in [-0.3, -0.25) is 4.79 Å². The molecular weight excluding hydrogens is 234 g/mol. The maximum Gasteiger partial charge on any atom is 0.354 e. The topological polar surface area (TPSA) is 85.1 Å². The van der Waals surface area contributed by atoms with Crippen LogP contribution in [-0.4, -0.2) is 25.8 Å². The second-order valence-electron chi connectivity index (χ2n) is 3.83. The van der Waals surface area contributed by atoms with Crippen molar-refractivity contribution in [2.45, 2.75) is 13.5 Å². The van der Waals surface area contributed by atoms with E-state index in [-0.39, 0.29) is 17.8 Å². The summed E-state index contributed by atoms with van der Waals surface area (Å²) in [5.74, 6) is -1.10. The van der Waals surface area contributed by atoms with Crippen LogP contribution in [0.1, 0.15) is 21.7 Å². The minimum atomic E-state index is -1.10.